The summed E-state index contributed by atoms with van der Waals surface area (Å²) in [6, 6.07) is 10.2. The number of anilines is 1. The maximum atomic E-state index is 13.0. The third-order valence-electron chi connectivity index (χ3n) is 4.85. The van der Waals surface area contributed by atoms with E-state index < -0.39 is 15.9 Å². The summed E-state index contributed by atoms with van der Waals surface area (Å²) < 4.78 is 32.7. The van der Waals surface area contributed by atoms with Gasteiger partial charge in [-0.1, -0.05) is 12.5 Å². The number of carbonyl (C=O) groups excluding carboxylic acids is 1. The van der Waals surface area contributed by atoms with Gasteiger partial charge in [0.2, 0.25) is 10.0 Å². The summed E-state index contributed by atoms with van der Waals surface area (Å²) in [5.74, 6) is -0.0722. The van der Waals surface area contributed by atoms with Gasteiger partial charge in [-0.3, -0.25) is 4.79 Å². The van der Waals surface area contributed by atoms with Crippen molar-refractivity contribution >= 4 is 21.6 Å². The summed E-state index contributed by atoms with van der Waals surface area (Å²) in [5, 5.41) is 2.85. The summed E-state index contributed by atoms with van der Waals surface area (Å²) in [5.41, 5.74) is 2.92. The van der Waals surface area contributed by atoms with Crippen molar-refractivity contribution in [3.8, 4) is 5.75 Å². The molecule has 7 heteroatoms. The van der Waals surface area contributed by atoms with Crippen LogP contribution in [0.5, 0.6) is 5.75 Å². The van der Waals surface area contributed by atoms with Crippen molar-refractivity contribution in [2.45, 2.75) is 38.0 Å². The highest BCUT2D eigenvalue weighted by Gasteiger charge is 2.27. The number of ether oxygens (including phenoxy) is 1. The summed E-state index contributed by atoms with van der Waals surface area (Å²) >= 11 is 0. The number of sulfonamides is 1. The van der Waals surface area contributed by atoms with E-state index in [9.17, 15) is 13.2 Å². The van der Waals surface area contributed by atoms with Crippen molar-refractivity contribution in [2.75, 3.05) is 25.5 Å². The van der Waals surface area contributed by atoms with Gasteiger partial charge in [0.1, 0.15) is 5.75 Å². The molecule has 0 spiro atoms. The van der Waals surface area contributed by atoms with Crippen LogP contribution in [0.25, 0.3) is 0 Å². The van der Waals surface area contributed by atoms with E-state index in [1.165, 1.54) is 29.6 Å². The molecule has 1 fully saturated rings. The first kappa shape index (κ1) is 20.4. The molecule has 28 heavy (non-hydrogen) atoms. The van der Waals surface area contributed by atoms with Gasteiger partial charge in [0, 0.05) is 18.8 Å². The lowest BCUT2D eigenvalue weighted by Crippen LogP contribution is -2.35. The zero-order valence-electron chi connectivity index (χ0n) is 16.5. The van der Waals surface area contributed by atoms with Crippen LogP contribution in [0.3, 0.4) is 0 Å². The minimum Gasteiger partial charge on any atom is -0.496 e. The van der Waals surface area contributed by atoms with Gasteiger partial charge >= 0.3 is 0 Å². The highest BCUT2D eigenvalue weighted by atomic mass is 32.2. The molecule has 0 saturated carbocycles. The number of carbonyl (C=O) groups is 1. The first-order chi connectivity index (χ1) is 13.3. The molecular formula is C21H26N2O4S. The third-order valence-corrected chi connectivity index (χ3v) is 6.74. The fourth-order valence-corrected chi connectivity index (χ4v) is 5.07. The summed E-state index contributed by atoms with van der Waals surface area (Å²) in [7, 11) is -2.17. The van der Waals surface area contributed by atoms with Crippen molar-refractivity contribution in [3.05, 3.63) is 53.1 Å². The molecule has 0 unspecified atom stereocenters. The number of piperidine rings is 1. The van der Waals surface area contributed by atoms with Crippen LogP contribution in [-0.4, -0.2) is 38.8 Å². The molecule has 6 nitrogen and oxygen atoms in total. The zero-order valence-corrected chi connectivity index (χ0v) is 17.3. The number of aryl methyl sites for hydroxylation is 2. The predicted octanol–water partition coefficient (Wildman–Crippen LogP) is 3.74. The monoisotopic (exact) mass is 402 g/mol. The van der Waals surface area contributed by atoms with Crippen LogP contribution in [0.1, 0.15) is 40.7 Å². The molecule has 1 amide bonds. The molecule has 150 valence electrons. The Labute approximate surface area is 166 Å². The van der Waals surface area contributed by atoms with Gasteiger partial charge in [0.05, 0.1) is 17.6 Å². The number of benzene rings is 2. The quantitative estimate of drug-likeness (QED) is 0.827. The number of hydrogen-bond acceptors (Lipinski definition) is 4. The molecule has 0 radical (unpaired) electrons. The highest BCUT2D eigenvalue weighted by molar-refractivity contribution is 7.89. The summed E-state index contributed by atoms with van der Waals surface area (Å²) in [6.45, 7) is 4.93. The number of methoxy groups -OCH3 is 1. The molecule has 1 saturated heterocycles. The van der Waals surface area contributed by atoms with E-state index in [0.29, 0.717) is 24.5 Å². The van der Waals surface area contributed by atoms with Crippen molar-refractivity contribution in [1.82, 2.24) is 4.31 Å². The van der Waals surface area contributed by atoms with Crippen LogP contribution in [0, 0.1) is 13.8 Å². The standard InChI is InChI=1S/C21H26N2O4S/c1-15-11-16(2)13-17(12-15)22-21(24)19-14-18(7-8-20(19)27-3)28(25,26)23-9-5-4-6-10-23/h7-8,11-14H,4-6,9-10H2,1-3H3,(H,22,24). The average Bonchev–Trinajstić information content (AvgIpc) is 2.67. The zero-order chi connectivity index (χ0) is 20.3. The summed E-state index contributed by atoms with van der Waals surface area (Å²) in [4.78, 5) is 13.0. The van der Waals surface area contributed by atoms with E-state index in [1.54, 1.807) is 0 Å². The van der Waals surface area contributed by atoms with Gasteiger partial charge in [-0.15, -0.1) is 0 Å². The van der Waals surface area contributed by atoms with Crippen molar-refractivity contribution < 1.29 is 17.9 Å². The number of hydrogen-bond donors (Lipinski definition) is 1. The van der Waals surface area contributed by atoms with E-state index in [0.717, 1.165) is 30.4 Å². The van der Waals surface area contributed by atoms with Crippen LogP contribution in [0.15, 0.2) is 41.3 Å². The second kappa shape index (κ2) is 8.32. The Bertz CT molecular complexity index is 960. The van der Waals surface area contributed by atoms with Gasteiger partial charge in [-0.2, -0.15) is 4.31 Å². The lowest BCUT2D eigenvalue weighted by atomic mass is 10.1. The Kier molecular flexibility index (Phi) is 6.05. The molecule has 2 aromatic rings. The Hall–Kier alpha value is -2.38. The van der Waals surface area contributed by atoms with Crippen molar-refractivity contribution in [2.24, 2.45) is 0 Å². The lowest BCUT2D eigenvalue weighted by molar-refractivity contribution is 0.102. The van der Waals surface area contributed by atoms with E-state index in [4.69, 9.17) is 4.74 Å². The number of nitrogens with zero attached hydrogens (tertiary/aromatic N) is 1. The van der Waals surface area contributed by atoms with Gasteiger partial charge in [0.25, 0.3) is 5.91 Å². The molecule has 1 heterocycles. The smallest absolute Gasteiger partial charge is 0.259 e. The normalized spacial score (nSPS) is 15.2. The van der Waals surface area contributed by atoms with Crippen LogP contribution in [0.2, 0.25) is 0 Å². The molecule has 3 rings (SSSR count). The third kappa shape index (κ3) is 4.36. The van der Waals surface area contributed by atoms with E-state index in [1.807, 2.05) is 32.0 Å². The maximum Gasteiger partial charge on any atom is 0.259 e. The second-order valence-electron chi connectivity index (χ2n) is 7.16. The van der Waals surface area contributed by atoms with Crippen molar-refractivity contribution in [1.29, 1.82) is 0 Å². The van der Waals surface area contributed by atoms with Crippen LogP contribution >= 0.6 is 0 Å². The molecule has 1 N–H and O–H groups in total. The molecule has 1 aliphatic rings. The Morgan fingerprint density at radius 1 is 1.00 bits per heavy atom. The average molecular weight is 403 g/mol. The van der Waals surface area contributed by atoms with E-state index >= 15 is 0 Å². The molecular weight excluding hydrogens is 376 g/mol. The molecule has 1 aliphatic heterocycles. The maximum absolute atomic E-state index is 13.0. The molecule has 0 bridgehead atoms. The Morgan fingerprint density at radius 2 is 1.64 bits per heavy atom. The number of amides is 1. The van der Waals surface area contributed by atoms with Gasteiger partial charge in [-0.25, -0.2) is 8.42 Å². The van der Waals surface area contributed by atoms with E-state index in [2.05, 4.69) is 5.32 Å². The highest BCUT2D eigenvalue weighted by Crippen LogP contribution is 2.27. The molecule has 2 aromatic carbocycles. The fraction of sp³-hybridized carbons (Fsp3) is 0.381. The summed E-state index contributed by atoms with van der Waals surface area (Å²) in [6.07, 6.45) is 2.75. The Balaban J connectivity index is 1.93. The molecule has 0 aromatic heterocycles. The minimum atomic E-state index is -3.63. The van der Waals surface area contributed by atoms with Crippen molar-refractivity contribution in [3.63, 3.8) is 0 Å². The first-order valence-corrected chi connectivity index (χ1v) is 10.8. The SMILES string of the molecule is COc1ccc(S(=O)(=O)N2CCCCC2)cc1C(=O)Nc1cc(C)cc(C)c1. The van der Waals surface area contributed by atoms with E-state index in [-0.39, 0.29) is 10.5 Å². The lowest BCUT2D eigenvalue weighted by Gasteiger charge is -2.26. The topological polar surface area (TPSA) is 75.7 Å². The largest absolute Gasteiger partial charge is 0.496 e. The van der Waals surface area contributed by atoms with Gasteiger partial charge < -0.3 is 10.1 Å². The van der Waals surface area contributed by atoms with Gasteiger partial charge in [-0.05, 0) is 68.1 Å². The number of nitrogens with one attached hydrogen (secondary N) is 1. The van der Waals surface area contributed by atoms with Crippen LogP contribution in [-0.2, 0) is 10.0 Å². The minimum absolute atomic E-state index is 0.112. The van der Waals surface area contributed by atoms with Crippen LogP contribution in [0.4, 0.5) is 5.69 Å². The van der Waals surface area contributed by atoms with Crippen LogP contribution < -0.4 is 10.1 Å². The molecule has 0 aliphatic carbocycles. The first-order valence-electron chi connectivity index (χ1n) is 9.39. The predicted molar refractivity (Wildman–Crippen MR) is 109 cm³/mol. The second-order valence-corrected chi connectivity index (χ2v) is 9.10. The number of rotatable bonds is 5. The Morgan fingerprint density at radius 3 is 2.25 bits per heavy atom. The van der Waals surface area contributed by atoms with Gasteiger partial charge in [0.15, 0.2) is 0 Å². The fourth-order valence-electron chi connectivity index (χ4n) is 3.52. The molecule has 0 atom stereocenters.